The Bertz CT molecular complexity index is 1070. The smallest absolute Gasteiger partial charge is 0.257 e. The fourth-order valence-electron chi connectivity index (χ4n) is 3.75. The summed E-state index contributed by atoms with van der Waals surface area (Å²) in [5.41, 5.74) is 0.621. The Balaban J connectivity index is 1.68. The van der Waals surface area contributed by atoms with Crippen LogP contribution in [0, 0.1) is 0 Å². The molecule has 0 unspecified atom stereocenters. The van der Waals surface area contributed by atoms with E-state index in [2.05, 4.69) is 10.3 Å². The minimum Gasteiger partial charge on any atom is -0.493 e. The predicted octanol–water partition coefficient (Wildman–Crippen LogP) is 3.34. The van der Waals surface area contributed by atoms with Gasteiger partial charge in [0.05, 0.1) is 29.8 Å². The Morgan fingerprint density at radius 2 is 1.86 bits per heavy atom. The minimum atomic E-state index is -0.374. The van der Waals surface area contributed by atoms with Gasteiger partial charge in [0.15, 0.2) is 23.9 Å². The number of nitrogens with zero attached hydrogens (tertiary/aromatic N) is 2. The first kappa shape index (κ1) is 26.6. The van der Waals surface area contributed by atoms with Crippen molar-refractivity contribution in [3.8, 4) is 17.2 Å². The Morgan fingerprint density at radius 1 is 1.11 bits per heavy atom. The minimum absolute atomic E-state index is 0.0796. The van der Waals surface area contributed by atoms with Gasteiger partial charge in [0.2, 0.25) is 11.7 Å². The summed E-state index contributed by atoms with van der Waals surface area (Å²) in [6.07, 6.45) is 4.81. The Hall–Kier alpha value is -3.04. The van der Waals surface area contributed by atoms with E-state index in [1.165, 1.54) is 32.7 Å². The quantitative estimate of drug-likeness (QED) is 0.335. The molecule has 1 aliphatic heterocycles. The summed E-state index contributed by atoms with van der Waals surface area (Å²) in [4.78, 5) is 42.9. The summed E-state index contributed by atoms with van der Waals surface area (Å²) in [5.74, 6) is 0.0421. The average molecular weight is 524 g/mol. The number of ketones is 1. The number of likely N-dealkylation sites (tertiary alicyclic amines) is 1. The number of amides is 2. The van der Waals surface area contributed by atoms with Crippen LogP contribution in [0.2, 0.25) is 10.0 Å². The second-order valence-electron chi connectivity index (χ2n) is 7.84. The van der Waals surface area contributed by atoms with Gasteiger partial charge in [-0.05, 0) is 25.0 Å². The molecule has 9 nitrogen and oxygen atoms in total. The molecule has 0 saturated carbocycles. The fraction of sp³-hybridized carbons (Fsp3) is 0.417. The van der Waals surface area contributed by atoms with Gasteiger partial charge in [-0.1, -0.05) is 23.2 Å². The number of hydrogen-bond donors (Lipinski definition) is 1. The predicted molar refractivity (Wildman–Crippen MR) is 131 cm³/mol. The molecule has 2 amide bonds. The molecule has 1 fully saturated rings. The molecule has 0 atom stereocenters. The largest absolute Gasteiger partial charge is 0.493 e. The summed E-state index contributed by atoms with van der Waals surface area (Å²) >= 11 is 12.3. The van der Waals surface area contributed by atoms with Crippen LogP contribution in [0.3, 0.4) is 0 Å². The number of aromatic nitrogens is 1. The zero-order chi connectivity index (χ0) is 25.4. The third kappa shape index (κ3) is 6.76. The van der Waals surface area contributed by atoms with Crippen LogP contribution in [0.4, 0.5) is 0 Å². The Kier molecular flexibility index (Phi) is 9.56. The van der Waals surface area contributed by atoms with Gasteiger partial charge in [-0.15, -0.1) is 0 Å². The van der Waals surface area contributed by atoms with Crippen molar-refractivity contribution in [1.82, 2.24) is 15.2 Å². The van der Waals surface area contributed by atoms with Gasteiger partial charge < -0.3 is 24.4 Å². The summed E-state index contributed by atoms with van der Waals surface area (Å²) in [6, 6.07) is 3.11. The number of ether oxygens (including phenoxy) is 3. The molecule has 1 N–H and O–H groups in total. The van der Waals surface area contributed by atoms with E-state index in [1.807, 2.05) is 0 Å². The number of pyridine rings is 1. The molecule has 1 saturated heterocycles. The molecule has 0 aliphatic carbocycles. The second-order valence-corrected chi connectivity index (χ2v) is 8.65. The molecule has 0 spiro atoms. The molecule has 2 aromatic rings. The van der Waals surface area contributed by atoms with Crippen LogP contribution >= 0.6 is 23.2 Å². The van der Waals surface area contributed by atoms with Gasteiger partial charge in [0.25, 0.3) is 5.91 Å². The van der Waals surface area contributed by atoms with E-state index >= 15 is 0 Å². The van der Waals surface area contributed by atoms with Crippen molar-refractivity contribution >= 4 is 40.8 Å². The topological polar surface area (TPSA) is 107 Å². The fourth-order valence-corrected chi connectivity index (χ4v) is 4.25. The van der Waals surface area contributed by atoms with Crippen LogP contribution in [-0.2, 0) is 16.0 Å². The van der Waals surface area contributed by atoms with Gasteiger partial charge in [-0.2, -0.15) is 0 Å². The maximum absolute atomic E-state index is 13.2. The number of rotatable bonds is 12. The molecule has 188 valence electrons. The van der Waals surface area contributed by atoms with Gasteiger partial charge >= 0.3 is 0 Å². The molecular weight excluding hydrogens is 497 g/mol. The molecule has 1 aromatic carbocycles. The Labute approximate surface area is 213 Å². The van der Waals surface area contributed by atoms with Crippen molar-refractivity contribution in [2.45, 2.75) is 25.7 Å². The molecule has 11 heteroatoms. The number of halogens is 2. The van der Waals surface area contributed by atoms with Crippen LogP contribution in [-0.4, -0.2) is 67.9 Å². The van der Waals surface area contributed by atoms with Crippen molar-refractivity contribution in [3.05, 3.63) is 45.7 Å². The SMILES string of the molecule is COc1ccc(C(=O)Cc2c(Cl)cncc2Cl)c(OCC(=O)NCCCN2CCCC2=O)c1OC. The number of methoxy groups -OCH3 is 2. The summed E-state index contributed by atoms with van der Waals surface area (Å²) < 4.78 is 16.5. The second kappa shape index (κ2) is 12.6. The maximum Gasteiger partial charge on any atom is 0.257 e. The number of benzene rings is 1. The molecule has 0 bridgehead atoms. The van der Waals surface area contributed by atoms with E-state index in [4.69, 9.17) is 37.4 Å². The van der Waals surface area contributed by atoms with Crippen LogP contribution in [0.1, 0.15) is 35.2 Å². The van der Waals surface area contributed by atoms with Crippen LogP contribution in [0.5, 0.6) is 17.2 Å². The van der Waals surface area contributed by atoms with Crippen molar-refractivity contribution in [1.29, 1.82) is 0 Å². The number of carbonyl (C=O) groups is 3. The first-order chi connectivity index (χ1) is 16.8. The average Bonchev–Trinajstić information content (AvgIpc) is 3.26. The third-order valence-corrected chi connectivity index (χ3v) is 6.19. The lowest BCUT2D eigenvalue weighted by atomic mass is 10.0. The molecule has 35 heavy (non-hydrogen) atoms. The third-order valence-electron chi connectivity index (χ3n) is 5.54. The standard InChI is InChI=1S/C24H27Cl2N3O6/c1-33-20-7-6-15(19(30)11-16-17(25)12-27-13-18(16)26)23(24(20)34-2)35-14-21(31)28-8-4-10-29-9-3-5-22(29)32/h6-7,12-13H,3-5,8-11,14H2,1-2H3,(H,28,31). The van der Waals surface area contributed by atoms with E-state index in [1.54, 1.807) is 11.0 Å². The first-order valence-corrected chi connectivity index (χ1v) is 11.8. The lowest BCUT2D eigenvalue weighted by Gasteiger charge is -2.18. The highest BCUT2D eigenvalue weighted by Gasteiger charge is 2.24. The van der Waals surface area contributed by atoms with Gasteiger partial charge in [-0.3, -0.25) is 19.4 Å². The monoisotopic (exact) mass is 523 g/mol. The van der Waals surface area contributed by atoms with Crippen molar-refractivity contribution in [2.24, 2.45) is 0 Å². The van der Waals surface area contributed by atoms with Crippen molar-refractivity contribution < 1.29 is 28.6 Å². The maximum atomic E-state index is 13.2. The lowest BCUT2D eigenvalue weighted by Crippen LogP contribution is -2.33. The van der Waals surface area contributed by atoms with E-state index in [-0.39, 0.29) is 57.7 Å². The van der Waals surface area contributed by atoms with E-state index in [9.17, 15) is 14.4 Å². The summed E-state index contributed by atoms with van der Waals surface area (Å²) in [7, 11) is 2.87. The molecule has 2 heterocycles. The highest BCUT2D eigenvalue weighted by molar-refractivity contribution is 6.36. The van der Waals surface area contributed by atoms with E-state index < -0.39 is 0 Å². The van der Waals surface area contributed by atoms with E-state index in [0.717, 1.165) is 13.0 Å². The van der Waals surface area contributed by atoms with Crippen LogP contribution < -0.4 is 19.5 Å². The highest BCUT2D eigenvalue weighted by Crippen LogP contribution is 2.40. The number of carbonyl (C=O) groups excluding carboxylic acids is 3. The summed E-state index contributed by atoms with van der Waals surface area (Å²) in [6.45, 7) is 1.41. The van der Waals surface area contributed by atoms with Crippen LogP contribution in [0.15, 0.2) is 24.5 Å². The number of Topliss-reactive ketones (excluding diaryl/α,β-unsaturated/α-hetero) is 1. The number of hydrogen-bond acceptors (Lipinski definition) is 7. The summed E-state index contributed by atoms with van der Waals surface area (Å²) in [5, 5.41) is 3.30. The van der Waals surface area contributed by atoms with Crippen molar-refractivity contribution in [2.75, 3.05) is 40.5 Å². The molecular formula is C24H27Cl2N3O6. The first-order valence-electron chi connectivity index (χ1n) is 11.1. The zero-order valence-corrected chi connectivity index (χ0v) is 21.1. The van der Waals surface area contributed by atoms with Gasteiger partial charge in [0.1, 0.15) is 0 Å². The Morgan fingerprint density at radius 3 is 2.49 bits per heavy atom. The molecule has 1 aromatic heterocycles. The van der Waals surface area contributed by atoms with E-state index in [0.29, 0.717) is 37.2 Å². The molecule has 0 radical (unpaired) electrons. The van der Waals surface area contributed by atoms with Crippen molar-refractivity contribution in [3.63, 3.8) is 0 Å². The van der Waals surface area contributed by atoms with Gasteiger partial charge in [0, 0.05) is 50.4 Å². The zero-order valence-electron chi connectivity index (χ0n) is 19.6. The molecule has 1 aliphatic rings. The molecule has 3 rings (SSSR count). The van der Waals surface area contributed by atoms with Gasteiger partial charge in [-0.25, -0.2) is 0 Å². The number of nitrogens with one attached hydrogen (secondary N) is 1. The highest BCUT2D eigenvalue weighted by atomic mass is 35.5. The van der Waals surface area contributed by atoms with Crippen LogP contribution in [0.25, 0.3) is 0 Å². The normalized spacial score (nSPS) is 13.0. The lowest BCUT2D eigenvalue weighted by molar-refractivity contribution is -0.127.